The second-order valence-electron chi connectivity index (χ2n) is 7.14. The minimum absolute atomic E-state index is 0.248. The number of carbonyl (C=O) groups excluding carboxylic acids is 1. The molecule has 2 aromatic carbocycles. The number of imidazole rings is 1. The predicted molar refractivity (Wildman–Crippen MR) is 104 cm³/mol. The summed E-state index contributed by atoms with van der Waals surface area (Å²) in [7, 11) is 0. The number of carbonyl (C=O) groups is 1. The molecule has 0 saturated carbocycles. The van der Waals surface area contributed by atoms with Gasteiger partial charge in [0.1, 0.15) is 11.6 Å². The molecule has 0 spiro atoms. The molecule has 1 aliphatic rings. The van der Waals surface area contributed by atoms with Crippen molar-refractivity contribution in [3.63, 3.8) is 0 Å². The van der Waals surface area contributed by atoms with E-state index in [0.29, 0.717) is 18.7 Å². The van der Waals surface area contributed by atoms with Crippen LogP contribution < -0.4 is 5.32 Å². The number of nitrogens with one attached hydrogen (secondary N) is 2. The molecule has 28 heavy (non-hydrogen) atoms. The molecule has 0 bridgehead atoms. The SMILES string of the molecule is Cc1ccc2nc([C@@H](C)NC(=O)[C@H]3CC(Cc4cccc(F)c4)=NO3)[nH]c2c1. The van der Waals surface area contributed by atoms with Gasteiger partial charge >= 0.3 is 0 Å². The Morgan fingerprint density at radius 1 is 1.36 bits per heavy atom. The monoisotopic (exact) mass is 380 g/mol. The number of fused-ring (bicyclic) bond motifs is 1. The van der Waals surface area contributed by atoms with E-state index < -0.39 is 6.10 Å². The first-order chi connectivity index (χ1) is 13.5. The molecule has 1 aromatic heterocycles. The third-order valence-electron chi connectivity index (χ3n) is 4.74. The average molecular weight is 380 g/mol. The van der Waals surface area contributed by atoms with Crippen LogP contribution in [-0.4, -0.2) is 27.7 Å². The molecular formula is C21H21FN4O2. The van der Waals surface area contributed by atoms with Gasteiger partial charge in [-0.15, -0.1) is 0 Å². The number of aromatic nitrogens is 2. The number of H-pyrrole nitrogens is 1. The Kier molecular flexibility index (Phi) is 4.81. The van der Waals surface area contributed by atoms with Crippen LogP contribution in [0.5, 0.6) is 0 Å². The van der Waals surface area contributed by atoms with Crippen molar-refractivity contribution in [2.75, 3.05) is 0 Å². The summed E-state index contributed by atoms with van der Waals surface area (Å²) >= 11 is 0. The third-order valence-corrected chi connectivity index (χ3v) is 4.74. The summed E-state index contributed by atoms with van der Waals surface area (Å²) in [5.41, 5.74) is 4.46. The zero-order valence-electron chi connectivity index (χ0n) is 15.7. The predicted octanol–water partition coefficient (Wildman–Crippen LogP) is 3.58. The Morgan fingerprint density at radius 3 is 3.04 bits per heavy atom. The minimum Gasteiger partial charge on any atom is -0.382 e. The van der Waals surface area contributed by atoms with Gasteiger partial charge in [0.05, 0.1) is 22.8 Å². The zero-order valence-corrected chi connectivity index (χ0v) is 15.7. The number of amides is 1. The molecule has 0 fully saturated rings. The Balaban J connectivity index is 1.36. The van der Waals surface area contributed by atoms with E-state index in [2.05, 4.69) is 20.4 Å². The quantitative estimate of drug-likeness (QED) is 0.710. The van der Waals surface area contributed by atoms with Crippen molar-refractivity contribution < 1.29 is 14.0 Å². The van der Waals surface area contributed by atoms with E-state index in [0.717, 1.165) is 27.9 Å². The van der Waals surface area contributed by atoms with Crippen molar-refractivity contribution in [2.45, 2.75) is 38.8 Å². The minimum atomic E-state index is -0.683. The van der Waals surface area contributed by atoms with Gasteiger partial charge < -0.3 is 15.1 Å². The standard InChI is InChI=1S/C21H21FN4O2/c1-12-6-7-17-18(8-12)25-20(24-17)13(2)23-21(27)19-11-16(26-28-19)10-14-4-3-5-15(22)9-14/h3-9,13,19H,10-11H2,1-2H3,(H,23,27)(H,24,25)/t13-,19-/m1/s1. The van der Waals surface area contributed by atoms with E-state index >= 15 is 0 Å². The number of oxime groups is 1. The number of halogens is 1. The van der Waals surface area contributed by atoms with Gasteiger partial charge in [0.15, 0.2) is 0 Å². The number of hydrogen-bond acceptors (Lipinski definition) is 4. The molecule has 2 heterocycles. The van der Waals surface area contributed by atoms with E-state index in [-0.39, 0.29) is 17.8 Å². The fraction of sp³-hybridized carbons (Fsp3) is 0.286. The normalized spacial score (nSPS) is 17.2. The molecule has 0 aliphatic carbocycles. The van der Waals surface area contributed by atoms with Crippen LogP contribution >= 0.6 is 0 Å². The summed E-state index contributed by atoms with van der Waals surface area (Å²) in [6, 6.07) is 12.0. The molecule has 2 atom stereocenters. The van der Waals surface area contributed by atoms with Gasteiger partial charge in [-0.25, -0.2) is 9.37 Å². The van der Waals surface area contributed by atoms with E-state index in [1.165, 1.54) is 12.1 Å². The van der Waals surface area contributed by atoms with Crippen LogP contribution in [0, 0.1) is 12.7 Å². The molecule has 4 rings (SSSR count). The van der Waals surface area contributed by atoms with Crippen molar-refractivity contribution in [2.24, 2.45) is 5.16 Å². The number of hydrogen-bond donors (Lipinski definition) is 2. The van der Waals surface area contributed by atoms with E-state index in [1.54, 1.807) is 6.07 Å². The number of rotatable bonds is 5. The third kappa shape index (κ3) is 3.88. The topological polar surface area (TPSA) is 79.4 Å². The summed E-state index contributed by atoms with van der Waals surface area (Å²) in [5, 5.41) is 6.91. The molecule has 1 aliphatic heterocycles. The number of benzene rings is 2. The van der Waals surface area contributed by atoms with Gasteiger partial charge in [-0.05, 0) is 49.2 Å². The summed E-state index contributed by atoms with van der Waals surface area (Å²) in [6.07, 6.45) is 0.159. The second-order valence-corrected chi connectivity index (χ2v) is 7.14. The van der Waals surface area contributed by atoms with Crippen LogP contribution in [0.2, 0.25) is 0 Å². The highest BCUT2D eigenvalue weighted by Gasteiger charge is 2.29. The highest BCUT2D eigenvalue weighted by atomic mass is 19.1. The molecule has 0 radical (unpaired) electrons. The van der Waals surface area contributed by atoms with E-state index in [1.807, 2.05) is 38.1 Å². The smallest absolute Gasteiger partial charge is 0.264 e. The first-order valence-electron chi connectivity index (χ1n) is 9.20. The highest BCUT2D eigenvalue weighted by molar-refractivity contribution is 5.94. The lowest BCUT2D eigenvalue weighted by molar-refractivity contribution is -0.131. The van der Waals surface area contributed by atoms with Crippen LogP contribution in [0.25, 0.3) is 11.0 Å². The lowest BCUT2D eigenvalue weighted by Gasteiger charge is -2.14. The second kappa shape index (κ2) is 7.42. The summed E-state index contributed by atoms with van der Waals surface area (Å²) in [5.74, 6) is 0.149. The molecule has 1 amide bonds. The number of nitrogens with zero attached hydrogens (tertiary/aromatic N) is 2. The van der Waals surface area contributed by atoms with Gasteiger partial charge in [-0.3, -0.25) is 4.79 Å². The molecule has 3 aromatic rings. The largest absolute Gasteiger partial charge is 0.382 e. The lowest BCUT2D eigenvalue weighted by Crippen LogP contribution is -2.36. The summed E-state index contributed by atoms with van der Waals surface area (Å²) in [4.78, 5) is 25.6. The number of aromatic amines is 1. The van der Waals surface area contributed by atoms with Crippen LogP contribution in [0.1, 0.15) is 36.3 Å². The van der Waals surface area contributed by atoms with E-state index in [9.17, 15) is 9.18 Å². The van der Waals surface area contributed by atoms with E-state index in [4.69, 9.17) is 4.84 Å². The van der Waals surface area contributed by atoms with Crippen LogP contribution in [0.4, 0.5) is 4.39 Å². The van der Waals surface area contributed by atoms with Gasteiger partial charge in [0, 0.05) is 12.8 Å². The molecular weight excluding hydrogens is 359 g/mol. The van der Waals surface area contributed by atoms with Crippen LogP contribution in [0.15, 0.2) is 47.6 Å². The zero-order chi connectivity index (χ0) is 19.7. The highest BCUT2D eigenvalue weighted by Crippen LogP contribution is 2.19. The molecule has 0 unspecified atom stereocenters. The van der Waals surface area contributed by atoms with Crippen molar-refractivity contribution in [1.82, 2.24) is 15.3 Å². The van der Waals surface area contributed by atoms with Gasteiger partial charge in [-0.1, -0.05) is 23.4 Å². The van der Waals surface area contributed by atoms with Crippen LogP contribution in [-0.2, 0) is 16.1 Å². The lowest BCUT2D eigenvalue weighted by atomic mass is 10.0. The Bertz CT molecular complexity index is 1060. The maximum absolute atomic E-state index is 13.3. The average Bonchev–Trinajstić information content (AvgIpc) is 3.28. The molecule has 2 N–H and O–H groups in total. The maximum atomic E-state index is 13.3. The van der Waals surface area contributed by atoms with Crippen molar-refractivity contribution in [3.8, 4) is 0 Å². The molecule has 6 nitrogen and oxygen atoms in total. The Morgan fingerprint density at radius 2 is 2.21 bits per heavy atom. The fourth-order valence-corrected chi connectivity index (χ4v) is 3.28. The van der Waals surface area contributed by atoms with Crippen molar-refractivity contribution in [3.05, 3.63) is 65.2 Å². The molecule has 0 saturated heterocycles. The van der Waals surface area contributed by atoms with Crippen molar-refractivity contribution >= 4 is 22.7 Å². The Hall–Kier alpha value is -3.22. The maximum Gasteiger partial charge on any atom is 0.264 e. The van der Waals surface area contributed by atoms with Gasteiger partial charge in [-0.2, -0.15) is 0 Å². The van der Waals surface area contributed by atoms with Gasteiger partial charge in [0.25, 0.3) is 5.91 Å². The summed E-state index contributed by atoms with van der Waals surface area (Å²) < 4.78 is 13.3. The van der Waals surface area contributed by atoms with Crippen molar-refractivity contribution in [1.29, 1.82) is 0 Å². The Labute approximate surface area is 161 Å². The fourth-order valence-electron chi connectivity index (χ4n) is 3.28. The van der Waals surface area contributed by atoms with Crippen LogP contribution in [0.3, 0.4) is 0 Å². The number of aryl methyl sites for hydroxylation is 1. The van der Waals surface area contributed by atoms with Gasteiger partial charge in [0.2, 0.25) is 6.10 Å². The molecule has 144 valence electrons. The first-order valence-corrected chi connectivity index (χ1v) is 9.20. The first kappa shape index (κ1) is 18.2. The molecule has 7 heteroatoms. The summed E-state index contributed by atoms with van der Waals surface area (Å²) in [6.45, 7) is 3.88.